The molecule has 0 aliphatic heterocycles. The van der Waals surface area contributed by atoms with Gasteiger partial charge in [0.25, 0.3) is 0 Å². The summed E-state index contributed by atoms with van der Waals surface area (Å²) in [6.45, 7) is 0. The van der Waals surface area contributed by atoms with Gasteiger partial charge in [-0.05, 0) is 48.0 Å². The summed E-state index contributed by atoms with van der Waals surface area (Å²) in [6, 6.07) is 16.7. The molecule has 0 unspecified atom stereocenters. The van der Waals surface area contributed by atoms with Gasteiger partial charge in [-0.15, -0.1) is 0 Å². The van der Waals surface area contributed by atoms with Crippen LogP contribution in [0.3, 0.4) is 0 Å². The highest BCUT2D eigenvalue weighted by molar-refractivity contribution is 6.32. The third-order valence-corrected chi connectivity index (χ3v) is 5.00. The fraction of sp³-hybridized carbons (Fsp3) is 0.0833. The standard InChI is InChI=1S/C24H21ClFN7O/c1-33(2)24(27)32-30-13-15-6-8-21-19(10-15)23(29-14-28-21)31-17-7-9-22(20(25)12-17)34-18-5-3-4-16(26)11-18/h3-14H,1-2H3,(H2,27,32)(H,28,29,31)/b30-13+. The molecule has 0 spiro atoms. The minimum absolute atomic E-state index is 0.171. The van der Waals surface area contributed by atoms with Gasteiger partial charge in [0, 0.05) is 31.2 Å². The summed E-state index contributed by atoms with van der Waals surface area (Å²) in [4.78, 5) is 10.3. The topological polar surface area (TPSA) is 98.5 Å². The van der Waals surface area contributed by atoms with E-state index in [1.165, 1.54) is 18.5 Å². The van der Waals surface area contributed by atoms with Crippen molar-refractivity contribution in [2.75, 3.05) is 19.4 Å². The second kappa shape index (κ2) is 10.1. The van der Waals surface area contributed by atoms with Crippen molar-refractivity contribution in [1.29, 1.82) is 5.41 Å². The van der Waals surface area contributed by atoms with Crippen LogP contribution >= 0.6 is 11.6 Å². The van der Waals surface area contributed by atoms with E-state index in [-0.39, 0.29) is 5.96 Å². The van der Waals surface area contributed by atoms with Gasteiger partial charge in [0.1, 0.15) is 29.5 Å². The van der Waals surface area contributed by atoms with E-state index in [1.807, 2.05) is 18.2 Å². The van der Waals surface area contributed by atoms with Gasteiger partial charge in [-0.25, -0.2) is 19.8 Å². The Labute approximate surface area is 200 Å². The van der Waals surface area contributed by atoms with Gasteiger partial charge in [0.2, 0.25) is 5.96 Å². The van der Waals surface area contributed by atoms with Gasteiger partial charge in [0.05, 0.1) is 16.8 Å². The lowest BCUT2D eigenvalue weighted by Gasteiger charge is -2.12. The third-order valence-electron chi connectivity index (χ3n) is 4.71. The Kier molecular flexibility index (Phi) is 6.84. The van der Waals surface area contributed by atoms with Crippen molar-refractivity contribution >= 4 is 46.2 Å². The number of guanidine groups is 1. The number of halogens is 2. The van der Waals surface area contributed by atoms with Crippen molar-refractivity contribution in [2.45, 2.75) is 0 Å². The van der Waals surface area contributed by atoms with E-state index >= 15 is 0 Å². The van der Waals surface area contributed by atoms with Crippen molar-refractivity contribution < 1.29 is 9.13 Å². The number of nitrogens with one attached hydrogen (secondary N) is 3. The largest absolute Gasteiger partial charge is 0.456 e. The maximum Gasteiger partial charge on any atom is 0.211 e. The molecule has 4 rings (SSSR count). The summed E-state index contributed by atoms with van der Waals surface area (Å²) in [5, 5.41) is 16.2. The molecule has 3 N–H and O–H groups in total. The minimum Gasteiger partial charge on any atom is -0.456 e. The van der Waals surface area contributed by atoms with Crippen LogP contribution in [0.15, 0.2) is 72.1 Å². The highest BCUT2D eigenvalue weighted by Crippen LogP contribution is 2.33. The van der Waals surface area contributed by atoms with Crippen molar-refractivity contribution in [2.24, 2.45) is 5.10 Å². The molecule has 0 radical (unpaired) electrons. The summed E-state index contributed by atoms with van der Waals surface area (Å²) in [6.07, 6.45) is 3.09. The Bertz CT molecular complexity index is 1380. The van der Waals surface area contributed by atoms with Crippen molar-refractivity contribution in [1.82, 2.24) is 20.3 Å². The fourth-order valence-corrected chi connectivity index (χ4v) is 3.20. The zero-order chi connectivity index (χ0) is 24.1. The molecule has 0 saturated heterocycles. The molecule has 34 heavy (non-hydrogen) atoms. The van der Waals surface area contributed by atoms with E-state index in [1.54, 1.807) is 55.5 Å². The molecule has 0 aliphatic carbocycles. The highest BCUT2D eigenvalue weighted by atomic mass is 35.5. The number of anilines is 2. The predicted octanol–water partition coefficient (Wildman–Crippen LogP) is 5.38. The number of fused-ring (bicyclic) bond motifs is 1. The van der Waals surface area contributed by atoms with E-state index in [0.29, 0.717) is 28.0 Å². The molecule has 8 nitrogen and oxygen atoms in total. The van der Waals surface area contributed by atoms with Crippen LogP contribution in [0.4, 0.5) is 15.9 Å². The minimum atomic E-state index is -0.390. The van der Waals surface area contributed by atoms with Crippen LogP contribution in [0, 0.1) is 11.2 Å². The molecule has 0 atom stereocenters. The Morgan fingerprint density at radius 2 is 1.97 bits per heavy atom. The normalized spacial score (nSPS) is 10.9. The highest BCUT2D eigenvalue weighted by Gasteiger charge is 2.09. The average molecular weight is 478 g/mol. The second-order valence-electron chi connectivity index (χ2n) is 7.44. The van der Waals surface area contributed by atoms with Crippen LogP contribution in [0.5, 0.6) is 11.5 Å². The molecule has 0 bridgehead atoms. The molecule has 0 amide bonds. The number of hydrogen-bond donors (Lipinski definition) is 3. The van der Waals surface area contributed by atoms with E-state index in [9.17, 15) is 4.39 Å². The average Bonchev–Trinajstić information content (AvgIpc) is 2.81. The van der Waals surface area contributed by atoms with Crippen molar-refractivity contribution in [3.8, 4) is 11.5 Å². The zero-order valence-corrected chi connectivity index (χ0v) is 19.1. The molecule has 1 heterocycles. The first-order valence-corrected chi connectivity index (χ1v) is 10.6. The van der Waals surface area contributed by atoms with Crippen LogP contribution in [0.25, 0.3) is 10.9 Å². The maximum absolute atomic E-state index is 13.4. The van der Waals surface area contributed by atoms with Crippen LogP contribution in [0.2, 0.25) is 5.02 Å². The van der Waals surface area contributed by atoms with Crippen molar-refractivity contribution in [3.05, 3.63) is 83.4 Å². The molecular formula is C24H21ClFN7O. The smallest absolute Gasteiger partial charge is 0.211 e. The molecule has 0 fully saturated rings. The monoisotopic (exact) mass is 477 g/mol. The summed E-state index contributed by atoms with van der Waals surface area (Å²) in [7, 11) is 3.51. The molecule has 3 aromatic carbocycles. The Morgan fingerprint density at radius 3 is 2.74 bits per heavy atom. The first-order valence-electron chi connectivity index (χ1n) is 10.2. The number of hydrogen-bond acceptors (Lipinski definition) is 6. The number of aromatic nitrogens is 2. The van der Waals surface area contributed by atoms with Gasteiger partial charge in [-0.1, -0.05) is 23.7 Å². The van der Waals surface area contributed by atoms with E-state index in [0.717, 1.165) is 16.5 Å². The molecule has 4 aromatic rings. The number of nitrogens with zero attached hydrogens (tertiary/aromatic N) is 4. The quantitative estimate of drug-likeness (QED) is 0.196. The first kappa shape index (κ1) is 22.9. The Morgan fingerprint density at radius 1 is 1.12 bits per heavy atom. The zero-order valence-electron chi connectivity index (χ0n) is 18.4. The molecule has 10 heteroatoms. The predicted molar refractivity (Wildman–Crippen MR) is 133 cm³/mol. The fourth-order valence-electron chi connectivity index (χ4n) is 2.98. The van der Waals surface area contributed by atoms with E-state index < -0.39 is 5.82 Å². The van der Waals surface area contributed by atoms with Crippen LogP contribution in [-0.2, 0) is 0 Å². The number of rotatable bonds is 6. The SMILES string of the molecule is CN(C)C(=N)N/N=C/c1ccc2ncnc(Nc3ccc(Oc4cccc(F)c4)c(Cl)c3)c2c1. The lowest BCUT2D eigenvalue weighted by atomic mass is 10.1. The van der Waals surface area contributed by atoms with Crippen LogP contribution < -0.4 is 15.5 Å². The summed E-state index contributed by atoms with van der Waals surface area (Å²) >= 11 is 6.40. The van der Waals surface area contributed by atoms with Gasteiger partial charge in [-0.2, -0.15) is 5.10 Å². The molecule has 172 valence electrons. The second-order valence-corrected chi connectivity index (χ2v) is 7.85. The molecule has 0 saturated carbocycles. The van der Waals surface area contributed by atoms with Crippen LogP contribution in [0.1, 0.15) is 5.56 Å². The van der Waals surface area contributed by atoms with Gasteiger partial charge >= 0.3 is 0 Å². The summed E-state index contributed by atoms with van der Waals surface area (Å²) in [5.74, 6) is 1.13. The van der Waals surface area contributed by atoms with E-state index in [4.69, 9.17) is 21.7 Å². The Hall–Kier alpha value is -4.24. The lowest BCUT2D eigenvalue weighted by Crippen LogP contribution is -2.31. The van der Waals surface area contributed by atoms with Crippen molar-refractivity contribution in [3.63, 3.8) is 0 Å². The first-order chi connectivity index (χ1) is 16.4. The summed E-state index contributed by atoms with van der Waals surface area (Å²) < 4.78 is 19.1. The Balaban J connectivity index is 1.54. The molecular weight excluding hydrogens is 457 g/mol. The summed E-state index contributed by atoms with van der Waals surface area (Å²) in [5.41, 5.74) is 4.90. The van der Waals surface area contributed by atoms with E-state index in [2.05, 4.69) is 25.8 Å². The van der Waals surface area contributed by atoms with Crippen LogP contribution in [-0.4, -0.2) is 41.1 Å². The molecule has 1 aromatic heterocycles. The maximum atomic E-state index is 13.4. The lowest BCUT2D eigenvalue weighted by molar-refractivity contribution is 0.477. The number of hydrazone groups is 1. The molecule has 0 aliphatic rings. The van der Waals surface area contributed by atoms with Gasteiger partial charge in [0.15, 0.2) is 0 Å². The van der Waals surface area contributed by atoms with Gasteiger partial charge in [-0.3, -0.25) is 5.41 Å². The van der Waals surface area contributed by atoms with Gasteiger partial charge < -0.3 is 15.0 Å². The number of ether oxygens (including phenoxy) is 1. The number of benzene rings is 3. The third kappa shape index (κ3) is 5.57.